The zero-order valence-electron chi connectivity index (χ0n) is 8.39. The summed E-state index contributed by atoms with van der Waals surface area (Å²) in [5.74, 6) is 0.232. The molecule has 0 spiro atoms. The molecule has 0 saturated heterocycles. The van der Waals surface area contributed by atoms with E-state index in [2.05, 4.69) is 0 Å². The molecule has 0 aromatic rings. The maximum absolute atomic E-state index is 12.9. The lowest BCUT2D eigenvalue weighted by Gasteiger charge is -2.13. The van der Waals surface area contributed by atoms with Crippen LogP contribution in [0.1, 0.15) is 19.8 Å². The van der Waals surface area contributed by atoms with Crippen LogP contribution in [0.3, 0.4) is 0 Å². The van der Waals surface area contributed by atoms with Crippen LogP contribution in [0.5, 0.6) is 0 Å². The number of rotatable bonds is 7. The Hall–Kier alpha value is -0.260. The zero-order chi connectivity index (χ0) is 11.8. The van der Waals surface area contributed by atoms with Gasteiger partial charge in [0.05, 0.1) is 0 Å². The maximum Gasteiger partial charge on any atom is 0.185 e. The Balaban J connectivity index is 3.63. The highest BCUT2D eigenvalue weighted by Crippen LogP contribution is 2.17. The van der Waals surface area contributed by atoms with Gasteiger partial charge < -0.3 is 0 Å². The first-order chi connectivity index (χ1) is 6.97. The van der Waals surface area contributed by atoms with Crippen molar-refractivity contribution in [1.82, 2.24) is 0 Å². The molecule has 0 radical (unpaired) electrons. The van der Waals surface area contributed by atoms with E-state index in [-0.39, 0.29) is 17.3 Å². The average Bonchev–Trinajstić information content (AvgIpc) is 2.15. The van der Waals surface area contributed by atoms with Crippen LogP contribution in [0, 0.1) is 0 Å². The summed E-state index contributed by atoms with van der Waals surface area (Å²) in [6.45, 7) is -0.0906. The lowest BCUT2D eigenvalue weighted by Crippen LogP contribution is -2.23. The van der Waals surface area contributed by atoms with Crippen LogP contribution in [0.4, 0.5) is 17.6 Å². The molecule has 0 aromatic heterocycles. The van der Waals surface area contributed by atoms with E-state index in [0.29, 0.717) is 0 Å². The molecular formula is C9H14F4OS. The van der Waals surface area contributed by atoms with Gasteiger partial charge in [-0.2, -0.15) is 0 Å². The molecule has 0 fully saturated rings. The van der Waals surface area contributed by atoms with Gasteiger partial charge in [-0.15, -0.1) is 0 Å². The van der Waals surface area contributed by atoms with E-state index in [4.69, 9.17) is 0 Å². The minimum Gasteiger partial charge on any atom is -0.288 e. The second-order valence-electron chi connectivity index (χ2n) is 3.15. The first-order valence-corrected chi connectivity index (χ1v) is 5.57. The average molecular weight is 246 g/mol. The van der Waals surface area contributed by atoms with Crippen molar-refractivity contribution in [3.63, 3.8) is 0 Å². The Bertz CT molecular complexity index is 191. The summed E-state index contributed by atoms with van der Waals surface area (Å²) < 4.78 is 49.7. The normalized spacial score (nSPS) is 17.1. The highest BCUT2D eigenvalue weighted by Gasteiger charge is 2.24. The molecule has 0 aliphatic rings. The molecule has 3 atom stereocenters. The monoisotopic (exact) mass is 246 g/mol. The molecule has 6 heteroatoms. The smallest absolute Gasteiger partial charge is 0.185 e. The number of hydrogen-bond donors (Lipinski definition) is 0. The number of hydrogen-bond acceptors (Lipinski definition) is 2. The van der Waals surface area contributed by atoms with Crippen molar-refractivity contribution in [2.45, 2.75) is 38.3 Å². The molecule has 0 aromatic carbocycles. The molecular weight excluding hydrogens is 232 g/mol. The fourth-order valence-electron chi connectivity index (χ4n) is 0.937. The van der Waals surface area contributed by atoms with Crippen LogP contribution in [-0.4, -0.2) is 36.1 Å². The minimum atomic E-state index is -2.25. The summed E-state index contributed by atoms with van der Waals surface area (Å²) in [5, 5.41) is -0.147. The second kappa shape index (κ2) is 7.96. The van der Waals surface area contributed by atoms with Crippen LogP contribution in [0.15, 0.2) is 0 Å². The van der Waals surface area contributed by atoms with Gasteiger partial charge in [0, 0.05) is 19.1 Å². The van der Waals surface area contributed by atoms with Crippen molar-refractivity contribution >= 4 is 16.9 Å². The van der Waals surface area contributed by atoms with Crippen LogP contribution >= 0.6 is 11.8 Å². The van der Waals surface area contributed by atoms with Crippen LogP contribution in [0.25, 0.3) is 0 Å². The third kappa shape index (κ3) is 7.64. The summed E-state index contributed by atoms with van der Waals surface area (Å²) in [6.07, 6.45) is -6.56. The van der Waals surface area contributed by atoms with Crippen molar-refractivity contribution in [2.24, 2.45) is 0 Å². The van der Waals surface area contributed by atoms with E-state index in [1.54, 1.807) is 0 Å². The van der Waals surface area contributed by atoms with E-state index in [1.807, 2.05) is 0 Å². The van der Waals surface area contributed by atoms with E-state index in [0.717, 1.165) is 11.8 Å². The number of carbonyl (C=O) groups is 1. The largest absolute Gasteiger partial charge is 0.288 e. The lowest BCUT2D eigenvalue weighted by atomic mass is 10.1. The van der Waals surface area contributed by atoms with Gasteiger partial charge in [-0.3, -0.25) is 4.79 Å². The predicted molar refractivity (Wildman–Crippen MR) is 53.0 cm³/mol. The molecule has 1 nitrogen and oxygen atoms in total. The molecule has 0 aliphatic carbocycles. The Morgan fingerprint density at radius 1 is 1.27 bits per heavy atom. The molecule has 0 heterocycles. The summed E-state index contributed by atoms with van der Waals surface area (Å²) in [5.41, 5.74) is 0. The summed E-state index contributed by atoms with van der Waals surface area (Å²) in [7, 11) is 0. The molecule has 0 amide bonds. The summed E-state index contributed by atoms with van der Waals surface area (Å²) in [4.78, 5) is 10.5. The topological polar surface area (TPSA) is 17.1 Å². The Morgan fingerprint density at radius 3 is 2.33 bits per heavy atom. The third-order valence-corrected chi connectivity index (χ3v) is 2.60. The number of alkyl halides is 4. The summed E-state index contributed by atoms with van der Waals surface area (Å²) in [6, 6.07) is 0. The van der Waals surface area contributed by atoms with Crippen molar-refractivity contribution < 1.29 is 22.4 Å². The van der Waals surface area contributed by atoms with Gasteiger partial charge >= 0.3 is 0 Å². The van der Waals surface area contributed by atoms with E-state index in [9.17, 15) is 22.4 Å². The van der Waals surface area contributed by atoms with E-state index < -0.39 is 31.6 Å². The van der Waals surface area contributed by atoms with Crippen molar-refractivity contribution in [3.05, 3.63) is 0 Å². The Kier molecular flexibility index (Phi) is 7.82. The van der Waals surface area contributed by atoms with E-state index >= 15 is 0 Å². The van der Waals surface area contributed by atoms with E-state index in [1.165, 1.54) is 6.92 Å². The highest BCUT2D eigenvalue weighted by molar-refractivity contribution is 8.13. The Labute approximate surface area is 90.6 Å². The molecule has 0 N–H and O–H groups in total. The van der Waals surface area contributed by atoms with Gasteiger partial charge in [-0.1, -0.05) is 11.8 Å². The molecule has 0 bridgehead atoms. The zero-order valence-corrected chi connectivity index (χ0v) is 9.21. The molecule has 3 unspecified atom stereocenters. The Morgan fingerprint density at radius 2 is 1.87 bits per heavy atom. The highest BCUT2D eigenvalue weighted by atomic mass is 32.2. The maximum atomic E-state index is 12.9. The van der Waals surface area contributed by atoms with Gasteiger partial charge in [0.1, 0.15) is 19.0 Å². The third-order valence-electron chi connectivity index (χ3n) is 1.76. The van der Waals surface area contributed by atoms with Gasteiger partial charge in [0.25, 0.3) is 0 Å². The summed E-state index contributed by atoms with van der Waals surface area (Å²) >= 11 is 0.932. The lowest BCUT2D eigenvalue weighted by molar-refractivity contribution is -0.109. The molecule has 0 saturated carbocycles. The van der Waals surface area contributed by atoms with Gasteiger partial charge in [0.15, 0.2) is 11.3 Å². The number of carbonyl (C=O) groups excluding carboxylic acids is 1. The predicted octanol–water partition coefficient (Wildman–Crippen LogP) is 3.03. The molecule has 0 aliphatic heterocycles. The van der Waals surface area contributed by atoms with Gasteiger partial charge in [-0.25, -0.2) is 17.6 Å². The van der Waals surface area contributed by atoms with Gasteiger partial charge in [0.2, 0.25) is 0 Å². The van der Waals surface area contributed by atoms with Gasteiger partial charge in [-0.05, 0) is 6.42 Å². The fourth-order valence-corrected chi connectivity index (χ4v) is 1.60. The van der Waals surface area contributed by atoms with Crippen molar-refractivity contribution in [3.8, 4) is 0 Å². The minimum absolute atomic E-state index is 0.0241. The first kappa shape index (κ1) is 14.7. The van der Waals surface area contributed by atoms with Crippen LogP contribution < -0.4 is 0 Å². The van der Waals surface area contributed by atoms with Crippen molar-refractivity contribution in [1.29, 1.82) is 0 Å². The van der Waals surface area contributed by atoms with Crippen molar-refractivity contribution in [2.75, 3.05) is 12.4 Å². The molecule has 15 heavy (non-hydrogen) atoms. The fraction of sp³-hybridized carbons (Fsp3) is 0.889. The number of halogens is 4. The second-order valence-corrected chi connectivity index (χ2v) is 4.42. The molecule has 90 valence electrons. The SMILES string of the molecule is CC(=O)SCCC(F)CC(F)C(F)CF. The first-order valence-electron chi connectivity index (χ1n) is 4.59. The molecule has 0 rings (SSSR count). The van der Waals surface area contributed by atoms with Crippen LogP contribution in [0.2, 0.25) is 0 Å². The standard InChI is InChI=1S/C9H14F4OS/c1-6(14)15-3-2-7(11)4-8(12)9(13)5-10/h7-9H,2-5H2,1H3. The number of thioether (sulfide) groups is 1. The quantitative estimate of drug-likeness (QED) is 0.642. The van der Waals surface area contributed by atoms with Crippen LogP contribution in [-0.2, 0) is 4.79 Å².